The van der Waals surface area contributed by atoms with E-state index in [0.29, 0.717) is 17.3 Å². The van der Waals surface area contributed by atoms with Crippen LogP contribution in [0.2, 0.25) is 5.02 Å². The van der Waals surface area contributed by atoms with Gasteiger partial charge >= 0.3 is 5.69 Å². The first-order valence-corrected chi connectivity index (χ1v) is 10.0. The summed E-state index contributed by atoms with van der Waals surface area (Å²) in [6.45, 7) is 1.95. The van der Waals surface area contributed by atoms with Crippen LogP contribution < -0.4 is 16.7 Å². The van der Waals surface area contributed by atoms with E-state index in [1.807, 2.05) is 0 Å². The maximum absolute atomic E-state index is 12.5. The van der Waals surface area contributed by atoms with Crippen molar-refractivity contribution in [1.29, 1.82) is 0 Å². The van der Waals surface area contributed by atoms with Crippen LogP contribution in [0.5, 0.6) is 0 Å². The van der Waals surface area contributed by atoms with E-state index in [9.17, 15) is 14.4 Å². The fourth-order valence-corrected chi connectivity index (χ4v) is 3.21. The average molecular weight is 431 g/mol. The van der Waals surface area contributed by atoms with Gasteiger partial charge in [0, 0.05) is 18.5 Å². The lowest BCUT2D eigenvalue weighted by atomic mass is 10.2. The zero-order valence-electron chi connectivity index (χ0n) is 16.8. The minimum atomic E-state index is -0.570. The van der Waals surface area contributed by atoms with Crippen LogP contribution in [-0.2, 0) is 24.8 Å². The van der Waals surface area contributed by atoms with Gasteiger partial charge in [-0.05, 0) is 24.1 Å². The lowest BCUT2D eigenvalue weighted by molar-refractivity contribution is -0.121. The normalized spacial score (nSPS) is 11.4. The highest BCUT2D eigenvalue weighted by atomic mass is 35.5. The molecule has 0 spiro atoms. The molecule has 158 valence electrons. The van der Waals surface area contributed by atoms with Crippen LogP contribution in [0, 0.1) is 0 Å². The number of imidazole rings is 1. The predicted molar refractivity (Wildman–Crippen MR) is 116 cm³/mol. The van der Waals surface area contributed by atoms with Gasteiger partial charge in [-0.1, -0.05) is 43.5 Å². The number of benzene rings is 1. The van der Waals surface area contributed by atoms with Gasteiger partial charge in [0.15, 0.2) is 11.2 Å². The number of aromatic amines is 1. The Morgan fingerprint density at radius 1 is 1.27 bits per heavy atom. The summed E-state index contributed by atoms with van der Waals surface area (Å²) in [6.07, 6.45) is 4.98. The molecule has 0 bridgehead atoms. The number of rotatable bonds is 8. The summed E-state index contributed by atoms with van der Waals surface area (Å²) in [5, 5.41) is 4.56. The monoisotopic (exact) mass is 430 g/mol. The van der Waals surface area contributed by atoms with Crippen LogP contribution in [0.3, 0.4) is 0 Å². The van der Waals surface area contributed by atoms with Crippen LogP contribution in [0.25, 0.3) is 11.2 Å². The lowest BCUT2D eigenvalue weighted by Crippen LogP contribution is -2.30. The molecular weight excluding hydrogens is 408 g/mol. The van der Waals surface area contributed by atoms with E-state index in [1.165, 1.54) is 17.8 Å². The SMILES string of the molecule is CCCCCc1nc2c(c(=O)[nH]c(=O)n2C)n1CC(=O)NN=Cc1ccc(Cl)cc1. The van der Waals surface area contributed by atoms with Crippen molar-refractivity contribution in [3.8, 4) is 0 Å². The molecule has 30 heavy (non-hydrogen) atoms. The van der Waals surface area contributed by atoms with Crippen molar-refractivity contribution in [1.82, 2.24) is 24.5 Å². The van der Waals surface area contributed by atoms with E-state index in [2.05, 4.69) is 27.4 Å². The van der Waals surface area contributed by atoms with Gasteiger partial charge in [0.25, 0.3) is 11.5 Å². The van der Waals surface area contributed by atoms with Gasteiger partial charge in [-0.2, -0.15) is 5.10 Å². The van der Waals surface area contributed by atoms with E-state index in [4.69, 9.17) is 11.6 Å². The zero-order chi connectivity index (χ0) is 21.7. The number of hydrazone groups is 1. The number of carbonyl (C=O) groups excluding carboxylic acids is 1. The number of unbranched alkanes of at least 4 members (excludes halogenated alkanes) is 2. The Morgan fingerprint density at radius 2 is 2.00 bits per heavy atom. The highest BCUT2D eigenvalue weighted by Gasteiger charge is 2.18. The molecule has 3 aromatic rings. The van der Waals surface area contributed by atoms with E-state index in [0.717, 1.165) is 24.8 Å². The average Bonchev–Trinajstić information content (AvgIpc) is 3.07. The third kappa shape index (κ3) is 4.85. The number of nitrogens with one attached hydrogen (secondary N) is 2. The van der Waals surface area contributed by atoms with Gasteiger partial charge in [-0.3, -0.25) is 19.1 Å². The molecule has 0 fully saturated rings. The highest BCUT2D eigenvalue weighted by molar-refractivity contribution is 6.30. The molecule has 0 unspecified atom stereocenters. The molecule has 9 nitrogen and oxygen atoms in total. The Labute approximate surface area is 177 Å². The molecule has 1 amide bonds. The molecule has 0 saturated carbocycles. The third-order valence-corrected chi connectivity index (χ3v) is 4.92. The number of halogens is 1. The molecule has 2 N–H and O–H groups in total. The summed E-state index contributed by atoms with van der Waals surface area (Å²) in [4.78, 5) is 43.5. The molecule has 0 aliphatic rings. The molecule has 2 heterocycles. The van der Waals surface area contributed by atoms with E-state index in [1.54, 1.807) is 28.8 Å². The van der Waals surface area contributed by atoms with Gasteiger partial charge in [0.2, 0.25) is 0 Å². The van der Waals surface area contributed by atoms with Crippen molar-refractivity contribution in [2.75, 3.05) is 0 Å². The number of H-pyrrole nitrogens is 1. The zero-order valence-corrected chi connectivity index (χ0v) is 17.6. The number of carbonyl (C=O) groups is 1. The Morgan fingerprint density at radius 3 is 2.70 bits per heavy atom. The standard InChI is InChI=1S/C20H23ClN6O3/c1-3-4-5-6-15-23-18-17(19(29)24-20(30)26(18)2)27(15)12-16(28)25-22-11-13-7-9-14(21)10-8-13/h7-11H,3-6,12H2,1-2H3,(H,25,28)(H,24,29,30). The van der Waals surface area contributed by atoms with Crippen LogP contribution in [0.4, 0.5) is 0 Å². The Kier molecular flexibility index (Phi) is 6.83. The highest BCUT2D eigenvalue weighted by Crippen LogP contribution is 2.14. The van der Waals surface area contributed by atoms with Gasteiger partial charge in [-0.15, -0.1) is 0 Å². The molecule has 2 aromatic heterocycles. The van der Waals surface area contributed by atoms with Gasteiger partial charge in [0.05, 0.1) is 6.21 Å². The minimum Gasteiger partial charge on any atom is -0.313 e. The second kappa shape index (κ2) is 9.53. The van der Waals surface area contributed by atoms with Crippen LogP contribution in [0.15, 0.2) is 39.0 Å². The number of fused-ring (bicyclic) bond motifs is 1. The number of hydrogen-bond donors (Lipinski definition) is 2. The summed E-state index contributed by atoms with van der Waals surface area (Å²) in [5.41, 5.74) is 2.57. The predicted octanol–water partition coefficient (Wildman–Crippen LogP) is 1.96. The summed E-state index contributed by atoms with van der Waals surface area (Å²) in [6, 6.07) is 6.99. The fraction of sp³-hybridized carbons (Fsp3) is 0.350. The maximum Gasteiger partial charge on any atom is 0.329 e. The Balaban J connectivity index is 1.85. The number of amides is 1. The largest absolute Gasteiger partial charge is 0.329 e. The van der Waals surface area contributed by atoms with Crippen molar-refractivity contribution >= 4 is 34.9 Å². The first-order chi connectivity index (χ1) is 14.4. The van der Waals surface area contributed by atoms with Crippen molar-refractivity contribution in [2.45, 2.75) is 39.2 Å². The van der Waals surface area contributed by atoms with Crippen LogP contribution in [-0.4, -0.2) is 31.2 Å². The Bertz CT molecular complexity index is 1190. The minimum absolute atomic E-state index is 0.142. The smallest absolute Gasteiger partial charge is 0.313 e. The molecule has 1 aromatic carbocycles. The molecule has 0 radical (unpaired) electrons. The van der Waals surface area contributed by atoms with Gasteiger partial charge in [0.1, 0.15) is 12.4 Å². The van der Waals surface area contributed by atoms with Crippen molar-refractivity contribution in [3.05, 3.63) is 61.5 Å². The first-order valence-electron chi connectivity index (χ1n) is 9.66. The summed E-state index contributed by atoms with van der Waals surface area (Å²) in [5.74, 6) is 0.173. The quantitative estimate of drug-likeness (QED) is 0.323. The summed E-state index contributed by atoms with van der Waals surface area (Å²) >= 11 is 5.84. The number of aromatic nitrogens is 4. The first kappa shape index (κ1) is 21.5. The number of aryl methyl sites for hydroxylation is 2. The molecule has 3 rings (SSSR count). The number of hydrogen-bond acceptors (Lipinski definition) is 5. The van der Waals surface area contributed by atoms with E-state index < -0.39 is 17.2 Å². The fourth-order valence-electron chi connectivity index (χ4n) is 3.08. The molecule has 0 saturated heterocycles. The molecule has 0 aliphatic heterocycles. The van der Waals surface area contributed by atoms with Crippen LogP contribution in [0.1, 0.15) is 37.6 Å². The van der Waals surface area contributed by atoms with Crippen molar-refractivity contribution in [2.24, 2.45) is 12.1 Å². The second-order valence-corrected chi connectivity index (χ2v) is 7.34. The molecular formula is C20H23ClN6O3. The molecule has 10 heteroatoms. The summed E-state index contributed by atoms with van der Waals surface area (Å²) in [7, 11) is 1.53. The maximum atomic E-state index is 12.5. The number of nitrogens with zero attached hydrogens (tertiary/aromatic N) is 4. The van der Waals surface area contributed by atoms with Crippen molar-refractivity contribution < 1.29 is 4.79 Å². The van der Waals surface area contributed by atoms with E-state index >= 15 is 0 Å². The third-order valence-electron chi connectivity index (χ3n) is 4.66. The molecule has 0 atom stereocenters. The van der Waals surface area contributed by atoms with Gasteiger partial charge in [-0.25, -0.2) is 15.2 Å². The molecule has 0 aliphatic carbocycles. The topological polar surface area (TPSA) is 114 Å². The Hall–Kier alpha value is -3.20. The summed E-state index contributed by atoms with van der Waals surface area (Å²) < 4.78 is 2.82. The van der Waals surface area contributed by atoms with Crippen molar-refractivity contribution in [3.63, 3.8) is 0 Å². The van der Waals surface area contributed by atoms with E-state index in [-0.39, 0.29) is 17.7 Å². The second-order valence-electron chi connectivity index (χ2n) is 6.91. The van der Waals surface area contributed by atoms with Gasteiger partial charge < -0.3 is 4.57 Å². The lowest BCUT2D eigenvalue weighted by Gasteiger charge is -2.07. The van der Waals surface area contributed by atoms with Crippen LogP contribution >= 0.6 is 11.6 Å².